The summed E-state index contributed by atoms with van der Waals surface area (Å²) in [7, 11) is 0. The van der Waals surface area contributed by atoms with Crippen LogP contribution < -0.4 is 11.3 Å². The lowest BCUT2D eigenvalue weighted by molar-refractivity contribution is 0.228. The zero-order valence-electron chi connectivity index (χ0n) is 9.41. The third kappa shape index (κ3) is 2.47. The Labute approximate surface area is 106 Å². The van der Waals surface area contributed by atoms with Crippen molar-refractivity contribution in [3.63, 3.8) is 0 Å². The molecule has 0 atom stereocenters. The minimum Gasteiger partial charge on any atom is -0.395 e. The molecule has 2 heterocycles. The number of thioether (sulfide) groups is 1. The van der Waals surface area contributed by atoms with E-state index in [1.54, 1.807) is 4.57 Å². The van der Waals surface area contributed by atoms with E-state index in [1.165, 1.54) is 18.1 Å². The maximum absolute atomic E-state index is 11.5. The number of nitrogens with two attached hydrogens (primary N) is 1. The van der Waals surface area contributed by atoms with Crippen molar-refractivity contribution in [2.45, 2.75) is 11.1 Å². The Morgan fingerprint density at radius 3 is 2.89 bits per heavy atom. The van der Waals surface area contributed by atoms with Crippen LogP contribution in [0.4, 0.5) is 5.95 Å². The highest BCUT2D eigenvalue weighted by Gasteiger charge is 2.11. The minimum absolute atomic E-state index is 0.0279. The topological polar surface area (TPSA) is 130 Å². The highest BCUT2D eigenvalue weighted by Crippen LogP contribution is 2.16. The minimum atomic E-state index is -0.387. The standard InChI is InChI=1S/C9H13N5O3S/c10-9-12-7-6(8(17)13-9)11-3-14(7)4-18-5(1-15)2-16/h3,5,15-16H,1-2,4H2,(H3,10,12,13,17). The van der Waals surface area contributed by atoms with Gasteiger partial charge in [0.1, 0.15) is 0 Å². The van der Waals surface area contributed by atoms with Gasteiger partial charge in [-0.3, -0.25) is 9.78 Å². The van der Waals surface area contributed by atoms with E-state index in [0.717, 1.165) is 0 Å². The Hall–Kier alpha value is -1.58. The quantitative estimate of drug-likeness (QED) is 0.534. The maximum atomic E-state index is 11.5. The molecule has 0 aliphatic heterocycles. The molecule has 0 saturated heterocycles. The van der Waals surface area contributed by atoms with Crippen LogP contribution in [-0.2, 0) is 5.88 Å². The summed E-state index contributed by atoms with van der Waals surface area (Å²) in [4.78, 5) is 21.8. The number of hydrogen-bond donors (Lipinski definition) is 4. The highest BCUT2D eigenvalue weighted by atomic mass is 32.2. The lowest BCUT2D eigenvalue weighted by Gasteiger charge is -2.10. The van der Waals surface area contributed by atoms with Crippen LogP contribution in [0.1, 0.15) is 0 Å². The molecular weight excluding hydrogens is 258 g/mol. The van der Waals surface area contributed by atoms with Gasteiger partial charge in [-0.15, -0.1) is 11.8 Å². The molecule has 0 radical (unpaired) electrons. The molecule has 0 aliphatic carbocycles. The largest absolute Gasteiger partial charge is 0.395 e. The van der Waals surface area contributed by atoms with Gasteiger partial charge in [-0.05, 0) is 0 Å². The number of aromatic amines is 1. The van der Waals surface area contributed by atoms with Crippen LogP contribution in [0.2, 0.25) is 0 Å². The molecule has 8 nitrogen and oxygen atoms in total. The van der Waals surface area contributed by atoms with E-state index in [9.17, 15) is 4.79 Å². The van der Waals surface area contributed by atoms with Crippen LogP contribution >= 0.6 is 11.8 Å². The van der Waals surface area contributed by atoms with Crippen molar-refractivity contribution in [2.24, 2.45) is 0 Å². The van der Waals surface area contributed by atoms with E-state index in [1.807, 2.05) is 0 Å². The SMILES string of the molecule is Nc1nc2c(ncn2CSC(CO)CO)c(=O)[nH]1. The number of aromatic nitrogens is 4. The number of H-pyrrole nitrogens is 1. The number of imidazole rings is 1. The Morgan fingerprint density at radius 2 is 2.22 bits per heavy atom. The third-order valence-corrected chi connectivity index (χ3v) is 3.55. The molecule has 0 aromatic carbocycles. The van der Waals surface area contributed by atoms with E-state index >= 15 is 0 Å². The molecule has 0 spiro atoms. The number of hydrogen-bond acceptors (Lipinski definition) is 7. The van der Waals surface area contributed by atoms with Crippen LogP contribution in [0.3, 0.4) is 0 Å². The van der Waals surface area contributed by atoms with Crippen molar-refractivity contribution in [1.82, 2.24) is 19.5 Å². The van der Waals surface area contributed by atoms with Crippen molar-refractivity contribution in [3.8, 4) is 0 Å². The molecule has 0 fully saturated rings. The number of nitrogen functional groups attached to an aromatic ring is 1. The van der Waals surface area contributed by atoms with Gasteiger partial charge < -0.3 is 20.5 Å². The van der Waals surface area contributed by atoms with Crippen molar-refractivity contribution in [3.05, 3.63) is 16.7 Å². The summed E-state index contributed by atoms with van der Waals surface area (Å²) in [5, 5.41) is 17.6. The molecule has 18 heavy (non-hydrogen) atoms. The molecule has 0 saturated carbocycles. The van der Waals surface area contributed by atoms with Crippen molar-refractivity contribution in [1.29, 1.82) is 0 Å². The molecule has 98 valence electrons. The Kier molecular flexibility index (Phi) is 3.84. The van der Waals surface area contributed by atoms with E-state index in [0.29, 0.717) is 11.5 Å². The molecule has 0 aliphatic rings. The molecule has 5 N–H and O–H groups in total. The average Bonchev–Trinajstić information content (AvgIpc) is 2.74. The molecule has 0 amide bonds. The zero-order chi connectivity index (χ0) is 13.1. The van der Waals surface area contributed by atoms with E-state index in [2.05, 4.69) is 15.0 Å². The number of aliphatic hydroxyl groups is 2. The van der Waals surface area contributed by atoms with Crippen LogP contribution in [0.15, 0.2) is 11.1 Å². The van der Waals surface area contributed by atoms with Gasteiger partial charge in [0.05, 0.1) is 30.7 Å². The van der Waals surface area contributed by atoms with E-state index < -0.39 is 0 Å². The number of rotatable bonds is 5. The van der Waals surface area contributed by atoms with E-state index in [4.69, 9.17) is 15.9 Å². The summed E-state index contributed by atoms with van der Waals surface area (Å²) >= 11 is 1.34. The molecule has 9 heteroatoms. The molecular formula is C9H13N5O3S. The van der Waals surface area contributed by atoms with Gasteiger partial charge in [-0.2, -0.15) is 4.98 Å². The third-order valence-electron chi connectivity index (χ3n) is 2.35. The van der Waals surface area contributed by atoms with Gasteiger partial charge in [-0.1, -0.05) is 0 Å². The van der Waals surface area contributed by atoms with Crippen molar-refractivity contribution in [2.75, 3.05) is 18.9 Å². The Balaban J connectivity index is 2.27. The summed E-state index contributed by atoms with van der Waals surface area (Å²) in [5.41, 5.74) is 5.68. The van der Waals surface area contributed by atoms with Gasteiger partial charge in [-0.25, -0.2) is 4.98 Å². The van der Waals surface area contributed by atoms with Gasteiger partial charge in [0.2, 0.25) is 5.95 Å². The fraction of sp³-hybridized carbons (Fsp3) is 0.444. The molecule has 0 unspecified atom stereocenters. The summed E-state index contributed by atoms with van der Waals surface area (Å²) in [6.45, 7) is -0.242. The predicted octanol–water partition coefficient (Wildman–Crippen LogP) is -1.25. The lowest BCUT2D eigenvalue weighted by atomic mass is 10.5. The van der Waals surface area contributed by atoms with Crippen molar-refractivity contribution < 1.29 is 10.2 Å². The first-order valence-corrected chi connectivity index (χ1v) is 6.24. The van der Waals surface area contributed by atoms with Gasteiger partial charge >= 0.3 is 0 Å². The Bertz CT molecular complexity index is 591. The fourth-order valence-corrected chi connectivity index (χ4v) is 2.19. The number of nitrogens with zero attached hydrogens (tertiary/aromatic N) is 3. The van der Waals surface area contributed by atoms with Gasteiger partial charge in [0.25, 0.3) is 5.56 Å². The smallest absolute Gasteiger partial charge is 0.280 e. The molecule has 2 aromatic rings. The summed E-state index contributed by atoms with van der Waals surface area (Å²) < 4.78 is 1.64. The second kappa shape index (κ2) is 5.38. The van der Waals surface area contributed by atoms with Crippen LogP contribution in [0.5, 0.6) is 0 Å². The first-order chi connectivity index (χ1) is 8.65. The number of nitrogens with one attached hydrogen (secondary N) is 1. The van der Waals surface area contributed by atoms with Gasteiger partial charge in [0, 0.05) is 0 Å². The number of aliphatic hydroxyl groups excluding tert-OH is 2. The average molecular weight is 271 g/mol. The van der Waals surface area contributed by atoms with Crippen LogP contribution in [-0.4, -0.2) is 48.2 Å². The fourth-order valence-electron chi connectivity index (χ4n) is 1.41. The Morgan fingerprint density at radius 1 is 1.50 bits per heavy atom. The second-order valence-electron chi connectivity index (χ2n) is 3.62. The first kappa shape index (κ1) is 12.9. The maximum Gasteiger partial charge on any atom is 0.280 e. The predicted molar refractivity (Wildman–Crippen MR) is 68.1 cm³/mol. The van der Waals surface area contributed by atoms with Crippen LogP contribution in [0.25, 0.3) is 11.2 Å². The number of fused-ring (bicyclic) bond motifs is 1. The molecule has 0 bridgehead atoms. The zero-order valence-corrected chi connectivity index (χ0v) is 10.2. The van der Waals surface area contributed by atoms with Crippen LogP contribution in [0, 0.1) is 0 Å². The normalized spacial score (nSPS) is 11.5. The molecule has 2 aromatic heterocycles. The summed E-state index contributed by atoms with van der Waals surface area (Å²) in [6, 6.07) is 0. The molecule has 2 rings (SSSR count). The lowest BCUT2D eigenvalue weighted by Crippen LogP contribution is -2.15. The van der Waals surface area contributed by atoms with E-state index in [-0.39, 0.29) is 35.5 Å². The summed E-state index contributed by atoms with van der Waals surface area (Å²) in [5.74, 6) is 0.443. The highest BCUT2D eigenvalue weighted by molar-refractivity contribution is 7.99. The second-order valence-corrected chi connectivity index (χ2v) is 4.88. The van der Waals surface area contributed by atoms with Gasteiger partial charge in [0.15, 0.2) is 11.2 Å². The van der Waals surface area contributed by atoms with Crippen molar-refractivity contribution >= 4 is 28.9 Å². The summed E-state index contributed by atoms with van der Waals surface area (Å²) in [6.07, 6.45) is 1.48. The monoisotopic (exact) mass is 271 g/mol. The number of anilines is 1. The first-order valence-electron chi connectivity index (χ1n) is 5.19.